The van der Waals surface area contributed by atoms with Crippen molar-refractivity contribution in [2.45, 2.75) is 58.8 Å². The standard InChI is InChI=1S/C27H30/c1-3-5-9-13-25-20-22-27(23-21-25)15-11-8-7-10-14-26-18-16-24(17-19-26)12-6-4-2/h7-8,16-23H,3-6,9,12-13H2,1-2H3/b8-7+. The molecule has 0 heteroatoms. The Kier molecular flexibility index (Phi) is 9.63. The minimum Gasteiger partial charge on any atom is -0.0689 e. The second kappa shape index (κ2) is 12.6. The zero-order chi connectivity index (χ0) is 19.2. The summed E-state index contributed by atoms with van der Waals surface area (Å²) in [5.41, 5.74) is 4.89. The van der Waals surface area contributed by atoms with Crippen LogP contribution in [-0.4, -0.2) is 0 Å². The fourth-order valence-corrected chi connectivity index (χ4v) is 2.80. The third kappa shape index (κ3) is 8.48. The van der Waals surface area contributed by atoms with Gasteiger partial charge in [0.25, 0.3) is 0 Å². The second-order valence-corrected chi connectivity index (χ2v) is 6.83. The number of hydrogen-bond acceptors (Lipinski definition) is 0. The Labute approximate surface area is 165 Å². The summed E-state index contributed by atoms with van der Waals surface area (Å²) in [6, 6.07) is 17.1. The lowest BCUT2D eigenvalue weighted by molar-refractivity contribution is 0.717. The average molecular weight is 355 g/mol. The SMILES string of the molecule is CCCCCc1ccc(C#C/C=C/C#Cc2ccc(CCCC)cc2)cc1. The van der Waals surface area contributed by atoms with Crippen molar-refractivity contribution in [3.05, 3.63) is 82.9 Å². The predicted molar refractivity (Wildman–Crippen MR) is 118 cm³/mol. The van der Waals surface area contributed by atoms with Crippen molar-refractivity contribution in [3.63, 3.8) is 0 Å². The first-order valence-electron chi connectivity index (χ1n) is 10.2. The minimum atomic E-state index is 1.05. The van der Waals surface area contributed by atoms with Gasteiger partial charge in [-0.15, -0.1) is 0 Å². The molecule has 138 valence electrons. The van der Waals surface area contributed by atoms with E-state index < -0.39 is 0 Å². The molecule has 0 saturated heterocycles. The molecule has 0 N–H and O–H groups in total. The van der Waals surface area contributed by atoms with Gasteiger partial charge in [-0.25, -0.2) is 0 Å². The predicted octanol–water partition coefficient (Wildman–Crippen LogP) is 6.72. The molecule has 2 aromatic carbocycles. The van der Waals surface area contributed by atoms with Crippen LogP contribution in [0.5, 0.6) is 0 Å². The molecule has 2 aromatic rings. The number of hydrogen-bond donors (Lipinski definition) is 0. The van der Waals surface area contributed by atoms with E-state index in [4.69, 9.17) is 0 Å². The second-order valence-electron chi connectivity index (χ2n) is 6.83. The molecule has 0 fully saturated rings. The molecule has 0 aliphatic heterocycles. The zero-order valence-corrected chi connectivity index (χ0v) is 16.7. The summed E-state index contributed by atoms with van der Waals surface area (Å²) in [5, 5.41) is 0. The van der Waals surface area contributed by atoms with Crippen molar-refractivity contribution in [1.82, 2.24) is 0 Å². The molecule has 0 nitrogen and oxygen atoms in total. The molecule has 0 radical (unpaired) electrons. The Morgan fingerprint density at radius 2 is 1.04 bits per heavy atom. The van der Waals surface area contributed by atoms with Crippen LogP contribution in [0.25, 0.3) is 0 Å². The summed E-state index contributed by atoms with van der Waals surface area (Å²) in [4.78, 5) is 0. The minimum absolute atomic E-state index is 1.05. The summed E-state index contributed by atoms with van der Waals surface area (Å²) < 4.78 is 0. The lowest BCUT2D eigenvalue weighted by Gasteiger charge is -2.00. The smallest absolute Gasteiger partial charge is 0.0249 e. The van der Waals surface area contributed by atoms with Gasteiger partial charge in [0.1, 0.15) is 0 Å². The van der Waals surface area contributed by atoms with E-state index in [0.717, 1.165) is 24.0 Å². The number of aryl methyl sites for hydroxylation is 2. The van der Waals surface area contributed by atoms with Gasteiger partial charge in [-0.05, 0) is 73.2 Å². The largest absolute Gasteiger partial charge is 0.0689 e. The van der Waals surface area contributed by atoms with E-state index in [-0.39, 0.29) is 0 Å². The monoisotopic (exact) mass is 354 g/mol. The maximum atomic E-state index is 3.16. The summed E-state index contributed by atoms with van der Waals surface area (Å²) >= 11 is 0. The molecule has 0 saturated carbocycles. The van der Waals surface area contributed by atoms with Crippen LogP contribution in [0.1, 0.15) is 68.2 Å². The van der Waals surface area contributed by atoms with Crippen molar-refractivity contribution in [3.8, 4) is 23.7 Å². The molecule has 0 aromatic heterocycles. The number of benzene rings is 2. The van der Waals surface area contributed by atoms with Crippen LogP contribution >= 0.6 is 0 Å². The Morgan fingerprint density at radius 3 is 1.48 bits per heavy atom. The first-order valence-corrected chi connectivity index (χ1v) is 10.2. The van der Waals surface area contributed by atoms with Crippen LogP contribution in [0.15, 0.2) is 60.7 Å². The van der Waals surface area contributed by atoms with Crippen molar-refractivity contribution >= 4 is 0 Å². The van der Waals surface area contributed by atoms with Gasteiger partial charge in [-0.1, -0.05) is 81.1 Å². The third-order valence-corrected chi connectivity index (χ3v) is 4.48. The van der Waals surface area contributed by atoms with Gasteiger partial charge in [0.05, 0.1) is 0 Å². The van der Waals surface area contributed by atoms with Gasteiger partial charge in [0.2, 0.25) is 0 Å². The van der Waals surface area contributed by atoms with E-state index >= 15 is 0 Å². The van der Waals surface area contributed by atoms with E-state index in [1.165, 1.54) is 43.2 Å². The molecule has 0 aliphatic rings. The average Bonchev–Trinajstić information content (AvgIpc) is 2.71. The summed E-state index contributed by atoms with van der Waals surface area (Å²) in [7, 11) is 0. The Balaban J connectivity index is 1.82. The quantitative estimate of drug-likeness (QED) is 0.382. The van der Waals surface area contributed by atoms with E-state index in [1.807, 2.05) is 12.2 Å². The van der Waals surface area contributed by atoms with Gasteiger partial charge in [0.15, 0.2) is 0 Å². The molecule has 27 heavy (non-hydrogen) atoms. The highest BCUT2D eigenvalue weighted by atomic mass is 14.0. The number of unbranched alkanes of at least 4 members (excludes halogenated alkanes) is 3. The molecule has 0 atom stereocenters. The fraction of sp³-hybridized carbons (Fsp3) is 0.333. The number of rotatable bonds is 7. The molecule has 0 unspecified atom stereocenters. The van der Waals surface area contributed by atoms with Gasteiger partial charge in [-0.3, -0.25) is 0 Å². The summed E-state index contributed by atoms with van der Waals surface area (Å²) in [6.07, 6.45) is 12.3. The first kappa shape index (κ1) is 20.6. The number of allylic oxidation sites excluding steroid dienone is 2. The van der Waals surface area contributed by atoms with Crippen LogP contribution in [0.4, 0.5) is 0 Å². The van der Waals surface area contributed by atoms with E-state index in [0.29, 0.717) is 0 Å². The normalized spacial score (nSPS) is 10.1. The van der Waals surface area contributed by atoms with Crippen molar-refractivity contribution < 1.29 is 0 Å². The van der Waals surface area contributed by atoms with Gasteiger partial charge < -0.3 is 0 Å². The topological polar surface area (TPSA) is 0 Å². The highest BCUT2D eigenvalue weighted by molar-refractivity contribution is 5.42. The highest BCUT2D eigenvalue weighted by Gasteiger charge is 1.93. The van der Waals surface area contributed by atoms with Crippen LogP contribution in [0.3, 0.4) is 0 Å². The molecule has 0 amide bonds. The summed E-state index contributed by atoms with van der Waals surface area (Å²) in [5.74, 6) is 12.4. The van der Waals surface area contributed by atoms with Crippen LogP contribution in [0.2, 0.25) is 0 Å². The molecule has 0 heterocycles. The lowest BCUT2D eigenvalue weighted by Crippen LogP contribution is -1.85. The third-order valence-electron chi connectivity index (χ3n) is 4.48. The Bertz CT molecular complexity index is 812. The summed E-state index contributed by atoms with van der Waals surface area (Å²) in [6.45, 7) is 4.46. The zero-order valence-electron chi connectivity index (χ0n) is 16.7. The van der Waals surface area contributed by atoms with E-state index in [1.54, 1.807) is 0 Å². The Morgan fingerprint density at radius 1 is 0.593 bits per heavy atom. The first-order chi connectivity index (χ1) is 13.3. The Hall–Kier alpha value is -2.70. The van der Waals surface area contributed by atoms with Crippen molar-refractivity contribution in [1.29, 1.82) is 0 Å². The molecule has 0 aliphatic carbocycles. The molecule has 0 bridgehead atoms. The highest BCUT2D eigenvalue weighted by Crippen LogP contribution is 2.08. The molecular weight excluding hydrogens is 324 g/mol. The maximum Gasteiger partial charge on any atom is 0.0249 e. The maximum absolute atomic E-state index is 3.16. The fourth-order valence-electron chi connectivity index (χ4n) is 2.80. The van der Waals surface area contributed by atoms with Gasteiger partial charge in [0, 0.05) is 11.1 Å². The van der Waals surface area contributed by atoms with Crippen LogP contribution < -0.4 is 0 Å². The van der Waals surface area contributed by atoms with Crippen molar-refractivity contribution in [2.75, 3.05) is 0 Å². The van der Waals surface area contributed by atoms with E-state index in [2.05, 4.69) is 86.1 Å². The molecule has 0 spiro atoms. The van der Waals surface area contributed by atoms with Crippen LogP contribution in [-0.2, 0) is 12.8 Å². The molecule has 2 rings (SSSR count). The lowest BCUT2D eigenvalue weighted by atomic mass is 10.1. The van der Waals surface area contributed by atoms with Gasteiger partial charge in [-0.2, -0.15) is 0 Å². The van der Waals surface area contributed by atoms with E-state index in [9.17, 15) is 0 Å². The molecular formula is C27H30. The van der Waals surface area contributed by atoms with Crippen LogP contribution in [0, 0.1) is 23.7 Å². The van der Waals surface area contributed by atoms with Gasteiger partial charge >= 0.3 is 0 Å². The van der Waals surface area contributed by atoms with Crippen molar-refractivity contribution in [2.24, 2.45) is 0 Å².